The van der Waals surface area contributed by atoms with E-state index in [1.54, 1.807) is 18.2 Å². The van der Waals surface area contributed by atoms with Crippen molar-refractivity contribution in [3.05, 3.63) is 29.8 Å². The molecule has 0 saturated heterocycles. The first-order valence-electron chi connectivity index (χ1n) is 4.27. The Morgan fingerprint density at radius 2 is 2.07 bits per heavy atom. The summed E-state index contributed by atoms with van der Waals surface area (Å²) in [6.07, 6.45) is 0.910. The molecule has 0 aliphatic rings. The zero-order valence-corrected chi connectivity index (χ0v) is 8.84. The molecule has 4 heteroatoms. The number of primary amides is 1. The molecule has 1 rings (SSSR count). The summed E-state index contributed by atoms with van der Waals surface area (Å²) in [5, 5.41) is 0. The predicted octanol–water partition coefficient (Wildman–Crippen LogP) is 2.00. The molecule has 0 bridgehead atoms. The summed E-state index contributed by atoms with van der Waals surface area (Å²) in [7, 11) is 0. The summed E-state index contributed by atoms with van der Waals surface area (Å²) in [5.74, 6) is 0.114. The number of halogens is 1. The van der Waals surface area contributed by atoms with Crippen LogP contribution in [-0.2, 0) is 0 Å². The lowest BCUT2D eigenvalue weighted by molar-refractivity contribution is 0.0996. The molecule has 1 amide bonds. The van der Waals surface area contributed by atoms with Crippen molar-refractivity contribution in [2.75, 3.05) is 6.61 Å². The minimum absolute atomic E-state index is 0. The second-order valence-electron chi connectivity index (χ2n) is 2.71. The third-order valence-electron chi connectivity index (χ3n) is 1.61. The number of hydrogen-bond donors (Lipinski definition) is 1. The van der Waals surface area contributed by atoms with Gasteiger partial charge < -0.3 is 10.5 Å². The van der Waals surface area contributed by atoms with Crippen LogP contribution < -0.4 is 10.5 Å². The summed E-state index contributed by atoms with van der Waals surface area (Å²) in [6, 6.07) is 6.99. The van der Waals surface area contributed by atoms with E-state index < -0.39 is 5.91 Å². The van der Waals surface area contributed by atoms with Crippen molar-refractivity contribution >= 4 is 18.3 Å². The number of hydrogen-bond acceptors (Lipinski definition) is 2. The number of amides is 1. The first-order chi connectivity index (χ1) is 6.25. The maximum Gasteiger partial charge on any atom is 0.252 e. The molecule has 0 aliphatic heterocycles. The third-order valence-corrected chi connectivity index (χ3v) is 1.61. The van der Waals surface area contributed by atoms with Crippen LogP contribution in [0.4, 0.5) is 0 Å². The van der Waals surface area contributed by atoms with E-state index >= 15 is 0 Å². The maximum atomic E-state index is 10.9. The van der Waals surface area contributed by atoms with Crippen molar-refractivity contribution in [2.24, 2.45) is 5.73 Å². The average Bonchev–Trinajstić information content (AvgIpc) is 2.15. The Morgan fingerprint density at radius 3 is 2.64 bits per heavy atom. The van der Waals surface area contributed by atoms with Gasteiger partial charge in [-0.1, -0.05) is 19.1 Å². The molecule has 0 aromatic heterocycles. The molecular weight excluding hydrogens is 202 g/mol. The molecular formula is C10H14ClNO2. The number of nitrogens with two attached hydrogens (primary N) is 1. The summed E-state index contributed by atoms with van der Waals surface area (Å²) < 4.78 is 5.35. The highest BCUT2D eigenvalue weighted by Crippen LogP contribution is 2.16. The van der Waals surface area contributed by atoms with Gasteiger partial charge in [-0.15, -0.1) is 12.4 Å². The molecule has 1 aromatic rings. The van der Waals surface area contributed by atoms with Crippen LogP contribution in [0.5, 0.6) is 5.75 Å². The van der Waals surface area contributed by atoms with Gasteiger partial charge in [0.05, 0.1) is 12.2 Å². The first-order valence-corrected chi connectivity index (χ1v) is 4.27. The molecule has 0 atom stereocenters. The lowest BCUT2D eigenvalue weighted by Gasteiger charge is -2.07. The molecule has 1 aromatic carbocycles. The Balaban J connectivity index is 0.00000169. The zero-order valence-electron chi connectivity index (χ0n) is 8.03. The van der Waals surface area contributed by atoms with Crippen LogP contribution in [-0.4, -0.2) is 12.5 Å². The van der Waals surface area contributed by atoms with E-state index in [4.69, 9.17) is 10.5 Å². The summed E-state index contributed by atoms with van der Waals surface area (Å²) >= 11 is 0. The highest BCUT2D eigenvalue weighted by molar-refractivity contribution is 5.95. The van der Waals surface area contributed by atoms with Crippen LogP contribution in [0.15, 0.2) is 24.3 Å². The number of carbonyl (C=O) groups excluding carboxylic acids is 1. The number of para-hydroxylation sites is 1. The second-order valence-corrected chi connectivity index (χ2v) is 2.71. The molecule has 0 fully saturated rings. The van der Waals surface area contributed by atoms with Crippen LogP contribution >= 0.6 is 12.4 Å². The highest BCUT2D eigenvalue weighted by atomic mass is 35.5. The van der Waals surface area contributed by atoms with Crippen LogP contribution in [0, 0.1) is 0 Å². The van der Waals surface area contributed by atoms with Gasteiger partial charge in [0.1, 0.15) is 5.75 Å². The molecule has 0 unspecified atom stereocenters. The van der Waals surface area contributed by atoms with Gasteiger partial charge >= 0.3 is 0 Å². The fourth-order valence-electron chi connectivity index (χ4n) is 1.01. The maximum absolute atomic E-state index is 10.9. The molecule has 0 radical (unpaired) electrons. The van der Waals surface area contributed by atoms with Gasteiger partial charge in [0, 0.05) is 0 Å². The molecule has 3 nitrogen and oxygen atoms in total. The van der Waals surface area contributed by atoms with Crippen LogP contribution in [0.3, 0.4) is 0 Å². The van der Waals surface area contributed by atoms with Crippen molar-refractivity contribution in [2.45, 2.75) is 13.3 Å². The van der Waals surface area contributed by atoms with Crippen LogP contribution in [0.1, 0.15) is 23.7 Å². The Labute approximate surface area is 89.7 Å². The molecule has 0 aliphatic carbocycles. The highest BCUT2D eigenvalue weighted by Gasteiger charge is 2.06. The second kappa shape index (κ2) is 6.27. The smallest absolute Gasteiger partial charge is 0.252 e. The number of rotatable bonds is 4. The normalized spacial score (nSPS) is 8.93. The zero-order chi connectivity index (χ0) is 9.68. The standard InChI is InChI=1S/C10H13NO2.ClH/c1-2-7-13-9-6-4-3-5-8(9)10(11)12;/h3-6H,2,7H2,1H3,(H2,11,12);1H. The molecule has 78 valence electrons. The van der Waals surface area contributed by atoms with Crippen LogP contribution in [0.25, 0.3) is 0 Å². The fraction of sp³-hybridized carbons (Fsp3) is 0.300. The molecule has 2 N–H and O–H groups in total. The quantitative estimate of drug-likeness (QED) is 0.835. The molecule has 14 heavy (non-hydrogen) atoms. The fourth-order valence-corrected chi connectivity index (χ4v) is 1.01. The Bertz CT molecular complexity index is 302. The van der Waals surface area contributed by atoms with E-state index in [-0.39, 0.29) is 12.4 Å². The van der Waals surface area contributed by atoms with Gasteiger partial charge in [0.15, 0.2) is 0 Å². The van der Waals surface area contributed by atoms with Crippen molar-refractivity contribution in [1.29, 1.82) is 0 Å². The summed E-state index contributed by atoms with van der Waals surface area (Å²) in [5.41, 5.74) is 5.61. The minimum atomic E-state index is -0.452. The van der Waals surface area contributed by atoms with Crippen molar-refractivity contribution < 1.29 is 9.53 Å². The number of ether oxygens (including phenoxy) is 1. The van der Waals surface area contributed by atoms with E-state index in [2.05, 4.69) is 0 Å². The Hall–Kier alpha value is -1.22. The largest absolute Gasteiger partial charge is 0.493 e. The first kappa shape index (κ1) is 12.8. The summed E-state index contributed by atoms with van der Waals surface area (Å²) in [6.45, 7) is 2.61. The monoisotopic (exact) mass is 215 g/mol. The van der Waals surface area contributed by atoms with Crippen molar-refractivity contribution in [1.82, 2.24) is 0 Å². The van der Waals surface area contributed by atoms with Crippen LogP contribution in [0.2, 0.25) is 0 Å². The van der Waals surface area contributed by atoms with Gasteiger partial charge in [0.25, 0.3) is 5.91 Å². The van der Waals surface area contributed by atoms with E-state index in [0.29, 0.717) is 17.9 Å². The Morgan fingerprint density at radius 1 is 1.43 bits per heavy atom. The molecule has 0 saturated carbocycles. The minimum Gasteiger partial charge on any atom is -0.493 e. The van der Waals surface area contributed by atoms with Gasteiger partial charge in [-0.2, -0.15) is 0 Å². The molecule has 0 heterocycles. The van der Waals surface area contributed by atoms with Crippen molar-refractivity contribution in [3.63, 3.8) is 0 Å². The van der Waals surface area contributed by atoms with Gasteiger partial charge in [-0.3, -0.25) is 4.79 Å². The third kappa shape index (κ3) is 3.26. The van der Waals surface area contributed by atoms with E-state index in [1.807, 2.05) is 13.0 Å². The van der Waals surface area contributed by atoms with E-state index in [0.717, 1.165) is 6.42 Å². The van der Waals surface area contributed by atoms with E-state index in [9.17, 15) is 4.79 Å². The topological polar surface area (TPSA) is 52.3 Å². The molecule has 0 spiro atoms. The van der Waals surface area contributed by atoms with Crippen molar-refractivity contribution in [3.8, 4) is 5.75 Å². The predicted molar refractivity (Wildman–Crippen MR) is 58.0 cm³/mol. The SMILES string of the molecule is CCCOc1ccccc1C(N)=O.Cl. The number of carbonyl (C=O) groups is 1. The van der Waals surface area contributed by atoms with Gasteiger partial charge in [0.2, 0.25) is 0 Å². The van der Waals surface area contributed by atoms with E-state index in [1.165, 1.54) is 0 Å². The lowest BCUT2D eigenvalue weighted by Crippen LogP contribution is -2.13. The van der Waals surface area contributed by atoms with Gasteiger partial charge in [-0.25, -0.2) is 0 Å². The Kier molecular flexibility index (Phi) is 5.72. The lowest BCUT2D eigenvalue weighted by atomic mass is 10.2. The average molecular weight is 216 g/mol. The number of benzene rings is 1. The summed E-state index contributed by atoms with van der Waals surface area (Å²) in [4.78, 5) is 10.9. The van der Waals surface area contributed by atoms with Gasteiger partial charge in [-0.05, 0) is 18.6 Å².